The summed E-state index contributed by atoms with van der Waals surface area (Å²) in [6, 6.07) is 38.4. The van der Waals surface area contributed by atoms with Crippen LogP contribution in [0.4, 0.5) is 0 Å². The van der Waals surface area contributed by atoms with Gasteiger partial charge >= 0.3 is 0 Å². The number of fused-ring (bicyclic) bond motifs is 9. The Balaban J connectivity index is 1.69. The van der Waals surface area contributed by atoms with E-state index in [-0.39, 0.29) is 0 Å². The van der Waals surface area contributed by atoms with Crippen molar-refractivity contribution in [3.63, 3.8) is 0 Å². The Hall–Kier alpha value is -4.01. The second-order valence-electron chi connectivity index (χ2n) is 9.29. The maximum atomic E-state index is 2.57. The predicted octanol–water partition coefficient (Wildman–Crippen LogP) is 9.20. The summed E-state index contributed by atoms with van der Waals surface area (Å²) in [4.78, 5) is 2.67. The highest BCUT2D eigenvalue weighted by Gasteiger charge is 2.32. The highest BCUT2D eigenvalue weighted by Crippen LogP contribution is 2.56. The molecule has 0 N–H and O–H groups in total. The first-order valence-corrected chi connectivity index (χ1v) is 12.5. The maximum Gasteiger partial charge on any atom is 0.0681 e. The molecule has 0 amide bonds. The summed E-state index contributed by atoms with van der Waals surface area (Å²) in [6.07, 6.45) is 0. The molecule has 0 unspecified atom stereocenters. The summed E-state index contributed by atoms with van der Waals surface area (Å²) in [7, 11) is 0. The van der Waals surface area contributed by atoms with E-state index in [0.29, 0.717) is 0 Å². The Morgan fingerprint density at radius 3 is 1.71 bits per heavy atom. The number of para-hydroxylation sites is 3. The molecular weight excluding hydrogens is 430 g/mol. The van der Waals surface area contributed by atoms with Gasteiger partial charge in [0.05, 0.1) is 16.7 Å². The average molecular weight is 448 g/mol. The van der Waals surface area contributed by atoms with Gasteiger partial charge in [0, 0.05) is 42.8 Å². The summed E-state index contributed by atoms with van der Waals surface area (Å²) >= 11 is 1.91. The van der Waals surface area contributed by atoms with Crippen molar-refractivity contribution in [3.05, 3.63) is 103 Å². The van der Waals surface area contributed by atoms with Crippen molar-refractivity contribution in [2.75, 3.05) is 0 Å². The highest BCUT2D eigenvalue weighted by molar-refractivity contribution is 7.99. The topological polar surface area (TPSA) is 4.93 Å². The number of nitrogens with zero attached hydrogens (tertiary/aromatic N) is 1. The van der Waals surface area contributed by atoms with Crippen LogP contribution in [0.5, 0.6) is 0 Å². The van der Waals surface area contributed by atoms with Gasteiger partial charge in [-0.25, -0.2) is 0 Å². The van der Waals surface area contributed by atoms with Crippen molar-refractivity contribution in [2.24, 2.45) is 0 Å². The fraction of sp³-hybridized carbons (Fsp3) is 0. The van der Waals surface area contributed by atoms with E-state index in [1.54, 1.807) is 0 Å². The van der Waals surface area contributed by atoms with Crippen molar-refractivity contribution < 1.29 is 0 Å². The van der Waals surface area contributed by atoms with E-state index in [4.69, 9.17) is 0 Å². The van der Waals surface area contributed by atoms with Crippen molar-refractivity contribution >= 4 is 55.1 Å². The Labute approximate surface area is 200 Å². The number of hydrogen-bond acceptors (Lipinski definition) is 1. The molecule has 34 heavy (non-hydrogen) atoms. The highest BCUT2D eigenvalue weighted by atomic mass is 32.2. The van der Waals surface area contributed by atoms with E-state index in [2.05, 4.69) is 108 Å². The molecule has 9 rings (SSSR count). The zero-order valence-electron chi connectivity index (χ0n) is 18.2. The van der Waals surface area contributed by atoms with Gasteiger partial charge in [0.1, 0.15) is 0 Å². The molecule has 0 radical (unpaired) electrons. The summed E-state index contributed by atoms with van der Waals surface area (Å²) in [5.41, 5.74) is 9.37. The molecule has 0 bridgehead atoms. The fourth-order valence-electron chi connectivity index (χ4n) is 6.45. The summed E-state index contributed by atoms with van der Waals surface area (Å²) < 4.78 is 2.57. The van der Waals surface area contributed by atoms with Gasteiger partial charge in [0.25, 0.3) is 0 Å². The lowest BCUT2D eigenvalue weighted by Crippen LogP contribution is -2.03. The Bertz CT molecular complexity index is 2040. The Morgan fingerprint density at radius 2 is 0.941 bits per heavy atom. The van der Waals surface area contributed by atoms with Gasteiger partial charge < -0.3 is 4.57 Å². The van der Waals surface area contributed by atoms with Gasteiger partial charge in [-0.3, -0.25) is 0 Å². The molecule has 2 heteroatoms. The van der Waals surface area contributed by atoms with Gasteiger partial charge in [-0.1, -0.05) is 103 Å². The van der Waals surface area contributed by atoms with Crippen LogP contribution in [0, 0.1) is 0 Å². The van der Waals surface area contributed by atoms with Gasteiger partial charge in [0.2, 0.25) is 0 Å². The summed E-state index contributed by atoms with van der Waals surface area (Å²) in [5, 5.41) is 7.97. The third-order valence-electron chi connectivity index (χ3n) is 7.69. The maximum absolute atomic E-state index is 2.57. The number of rotatable bonds is 0. The predicted molar refractivity (Wildman–Crippen MR) is 144 cm³/mol. The van der Waals surface area contributed by atoms with Crippen LogP contribution in [0.2, 0.25) is 0 Å². The second-order valence-corrected chi connectivity index (χ2v) is 10.4. The lowest BCUT2D eigenvalue weighted by atomic mass is 9.85. The molecule has 0 atom stereocenters. The van der Waals surface area contributed by atoms with Crippen LogP contribution in [0.3, 0.4) is 0 Å². The minimum absolute atomic E-state index is 1.32. The van der Waals surface area contributed by atoms with Gasteiger partial charge in [-0.2, -0.15) is 0 Å². The molecule has 2 aliphatic rings. The minimum atomic E-state index is 1.32. The minimum Gasteiger partial charge on any atom is -0.306 e. The van der Waals surface area contributed by atoms with E-state index in [9.17, 15) is 0 Å². The van der Waals surface area contributed by atoms with Crippen LogP contribution < -0.4 is 0 Å². The largest absolute Gasteiger partial charge is 0.306 e. The standard InChI is InChI=1S/C32H17NS/c1-3-10-20-18(8-1)19-9-2-4-11-21(19)29-25-15-7-17-27-32(25)33-30-22(12-5-14-24(30)28(20)29)23-13-6-16-26(34-27)31(23)33/h1-17H. The van der Waals surface area contributed by atoms with Crippen LogP contribution in [0.15, 0.2) is 113 Å². The van der Waals surface area contributed by atoms with E-state index in [1.165, 1.54) is 81.1 Å². The molecule has 156 valence electrons. The van der Waals surface area contributed by atoms with Crippen LogP contribution in [0.1, 0.15) is 0 Å². The molecule has 6 aromatic carbocycles. The zero-order valence-corrected chi connectivity index (χ0v) is 19.0. The van der Waals surface area contributed by atoms with Gasteiger partial charge in [0.15, 0.2) is 0 Å². The van der Waals surface area contributed by atoms with E-state index in [1.807, 2.05) is 11.8 Å². The first kappa shape index (κ1) is 17.5. The third kappa shape index (κ3) is 1.89. The van der Waals surface area contributed by atoms with Crippen molar-refractivity contribution in [1.82, 2.24) is 4.57 Å². The molecular formula is C32H17NS. The lowest BCUT2D eigenvalue weighted by Gasteiger charge is -2.23. The molecule has 0 aliphatic carbocycles. The molecule has 0 saturated carbocycles. The molecule has 1 nitrogen and oxygen atoms in total. The molecule has 0 fully saturated rings. The lowest BCUT2D eigenvalue weighted by molar-refractivity contribution is 1.10. The smallest absolute Gasteiger partial charge is 0.0681 e. The number of hydrogen-bond donors (Lipinski definition) is 0. The second kappa shape index (κ2) is 5.91. The Morgan fingerprint density at radius 1 is 0.412 bits per heavy atom. The quantitative estimate of drug-likeness (QED) is 0.210. The Kier molecular flexibility index (Phi) is 3.04. The van der Waals surface area contributed by atoms with Crippen molar-refractivity contribution in [2.45, 2.75) is 9.79 Å². The number of aromatic nitrogens is 1. The van der Waals surface area contributed by atoms with E-state index >= 15 is 0 Å². The molecule has 0 saturated heterocycles. The fourth-order valence-corrected chi connectivity index (χ4v) is 7.57. The van der Waals surface area contributed by atoms with Crippen LogP contribution in [-0.4, -0.2) is 4.57 Å². The number of benzene rings is 6. The molecule has 0 spiro atoms. The van der Waals surface area contributed by atoms with Gasteiger partial charge in [-0.05, 0) is 33.7 Å². The van der Waals surface area contributed by atoms with Crippen molar-refractivity contribution in [3.8, 4) is 27.9 Å². The molecule has 1 aromatic heterocycles. The zero-order chi connectivity index (χ0) is 22.0. The summed E-state index contributed by atoms with van der Waals surface area (Å²) in [5.74, 6) is 0. The van der Waals surface area contributed by atoms with Crippen molar-refractivity contribution in [1.29, 1.82) is 0 Å². The van der Waals surface area contributed by atoms with Crippen LogP contribution in [-0.2, 0) is 0 Å². The first-order chi connectivity index (χ1) is 16.9. The molecule has 7 aromatic rings. The normalized spacial score (nSPS) is 13.2. The SMILES string of the molecule is c1cc2c3c(c1)-c1c(c4ccccc4c4ccccc14)-c1cccc4c5cccc(c5n-3c14)S2. The average Bonchev–Trinajstić information content (AvgIpc) is 3.17. The van der Waals surface area contributed by atoms with E-state index < -0.39 is 0 Å². The van der Waals surface area contributed by atoms with Crippen LogP contribution in [0.25, 0.3) is 71.3 Å². The van der Waals surface area contributed by atoms with E-state index in [0.717, 1.165) is 0 Å². The summed E-state index contributed by atoms with van der Waals surface area (Å²) in [6.45, 7) is 0. The monoisotopic (exact) mass is 447 g/mol. The molecule has 2 aliphatic heterocycles. The molecule has 3 heterocycles. The van der Waals surface area contributed by atoms with Crippen LogP contribution >= 0.6 is 11.8 Å². The third-order valence-corrected chi connectivity index (χ3v) is 8.79. The first-order valence-electron chi connectivity index (χ1n) is 11.7. The van der Waals surface area contributed by atoms with Gasteiger partial charge in [-0.15, -0.1) is 0 Å².